The second-order valence-electron chi connectivity index (χ2n) is 4.38. The van der Waals surface area contributed by atoms with Crippen LogP contribution in [-0.2, 0) is 0 Å². The summed E-state index contributed by atoms with van der Waals surface area (Å²) in [5.41, 5.74) is 0.890. The van der Waals surface area contributed by atoms with Gasteiger partial charge >= 0.3 is 0 Å². The Bertz CT molecular complexity index is 424. The lowest BCUT2D eigenvalue weighted by atomic mass is 9.95. The van der Waals surface area contributed by atoms with Gasteiger partial charge in [-0.3, -0.25) is 0 Å². The standard InChI is InChI=1S/C14H20N2O2/c1-16(2)8-7-11(10-15)13-9-12(17-3)5-6-14(13)18-4/h5-6,9,11H,7-8H2,1-4H3. The van der Waals surface area contributed by atoms with Crippen LogP contribution in [0.1, 0.15) is 17.9 Å². The van der Waals surface area contributed by atoms with Gasteiger partial charge in [-0.15, -0.1) is 0 Å². The van der Waals surface area contributed by atoms with E-state index in [0.29, 0.717) is 0 Å². The summed E-state index contributed by atoms with van der Waals surface area (Å²) in [5, 5.41) is 9.31. The number of rotatable bonds is 6. The fraction of sp³-hybridized carbons (Fsp3) is 0.500. The average Bonchev–Trinajstić information content (AvgIpc) is 2.38. The first-order valence-corrected chi connectivity index (χ1v) is 5.88. The van der Waals surface area contributed by atoms with E-state index in [1.54, 1.807) is 14.2 Å². The molecule has 98 valence electrons. The molecule has 1 unspecified atom stereocenters. The molecule has 1 atom stereocenters. The Kier molecular flexibility index (Phi) is 5.47. The smallest absolute Gasteiger partial charge is 0.123 e. The number of hydrogen-bond acceptors (Lipinski definition) is 4. The Hall–Kier alpha value is -1.73. The second kappa shape index (κ2) is 6.87. The molecule has 0 saturated carbocycles. The maximum atomic E-state index is 9.31. The summed E-state index contributed by atoms with van der Waals surface area (Å²) < 4.78 is 10.5. The Balaban J connectivity index is 2.99. The van der Waals surface area contributed by atoms with Crippen LogP contribution in [0.4, 0.5) is 0 Å². The lowest BCUT2D eigenvalue weighted by molar-refractivity contribution is 0.380. The van der Waals surface area contributed by atoms with Crippen molar-refractivity contribution in [3.8, 4) is 17.6 Å². The fourth-order valence-electron chi connectivity index (χ4n) is 1.79. The largest absolute Gasteiger partial charge is 0.497 e. The highest BCUT2D eigenvalue weighted by Gasteiger charge is 2.16. The quantitative estimate of drug-likeness (QED) is 0.774. The predicted molar refractivity (Wildman–Crippen MR) is 71.1 cm³/mol. The van der Waals surface area contributed by atoms with Gasteiger partial charge in [-0.2, -0.15) is 5.26 Å². The van der Waals surface area contributed by atoms with Crippen LogP contribution < -0.4 is 9.47 Å². The number of ether oxygens (including phenoxy) is 2. The Morgan fingerprint density at radius 1 is 1.28 bits per heavy atom. The first-order valence-electron chi connectivity index (χ1n) is 5.88. The molecular weight excluding hydrogens is 228 g/mol. The van der Waals surface area contributed by atoms with Crippen LogP contribution in [0, 0.1) is 11.3 Å². The lowest BCUT2D eigenvalue weighted by Gasteiger charge is -2.17. The van der Waals surface area contributed by atoms with Crippen molar-refractivity contribution in [3.63, 3.8) is 0 Å². The van der Waals surface area contributed by atoms with Crippen LogP contribution in [-0.4, -0.2) is 39.8 Å². The number of hydrogen-bond donors (Lipinski definition) is 0. The van der Waals surface area contributed by atoms with Gasteiger partial charge < -0.3 is 14.4 Å². The van der Waals surface area contributed by atoms with Gasteiger partial charge in [0.1, 0.15) is 11.5 Å². The maximum absolute atomic E-state index is 9.31. The van der Waals surface area contributed by atoms with Crippen LogP contribution >= 0.6 is 0 Å². The third-order valence-electron chi connectivity index (χ3n) is 2.83. The van der Waals surface area contributed by atoms with E-state index in [1.165, 1.54) is 0 Å². The highest BCUT2D eigenvalue weighted by atomic mass is 16.5. The van der Waals surface area contributed by atoms with E-state index in [9.17, 15) is 5.26 Å². The Morgan fingerprint density at radius 3 is 2.50 bits per heavy atom. The van der Waals surface area contributed by atoms with Crippen molar-refractivity contribution in [2.45, 2.75) is 12.3 Å². The van der Waals surface area contributed by atoms with Gasteiger partial charge in [0.2, 0.25) is 0 Å². The highest BCUT2D eigenvalue weighted by Crippen LogP contribution is 2.32. The third-order valence-corrected chi connectivity index (χ3v) is 2.83. The maximum Gasteiger partial charge on any atom is 0.123 e. The highest BCUT2D eigenvalue weighted by molar-refractivity contribution is 5.44. The summed E-state index contributed by atoms with van der Waals surface area (Å²) in [5.74, 6) is 1.30. The first kappa shape index (κ1) is 14.3. The third kappa shape index (κ3) is 3.64. The number of nitrogens with zero attached hydrogens (tertiary/aromatic N) is 2. The van der Waals surface area contributed by atoms with E-state index in [0.717, 1.165) is 30.0 Å². The molecule has 1 aromatic carbocycles. The van der Waals surface area contributed by atoms with E-state index in [-0.39, 0.29) is 5.92 Å². The SMILES string of the molecule is COc1ccc(OC)c(C(C#N)CCN(C)C)c1. The molecule has 0 fully saturated rings. The minimum Gasteiger partial charge on any atom is -0.497 e. The van der Waals surface area contributed by atoms with Crippen molar-refractivity contribution in [1.82, 2.24) is 4.90 Å². The summed E-state index contributed by atoms with van der Waals surface area (Å²) in [6, 6.07) is 7.89. The topological polar surface area (TPSA) is 45.5 Å². The fourth-order valence-corrected chi connectivity index (χ4v) is 1.79. The van der Waals surface area contributed by atoms with Gasteiger partial charge in [-0.05, 0) is 45.3 Å². The summed E-state index contributed by atoms with van der Waals surface area (Å²) in [4.78, 5) is 2.07. The predicted octanol–water partition coefficient (Wildman–Crippen LogP) is 2.26. The van der Waals surface area contributed by atoms with E-state index < -0.39 is 0 Å². The van der Waals surface area contributed by atoms with E-state index in [1.807, 2.05) is 32.3 Å². The molecule has 4 heteroatoms. The summed E-state index contributed by atoms with van der Waals surface area (Å²) in [6.07, 6.45) is 0.771. The lowest BCUT2D eigenvalue weighted by Crippen LogP contribution is -2.15. The Labute approximate surface area is 109 Å². The zero-order valence-corrected chi connectivity index (χ0v) is 11.4. The van der Waals surface area contributed by atoms with Gasteiger partial charge in [0.25, 0.3) is 0 Å². The molecule has 0 saturated heterocycles. The van der Waals surface area contributed by atoms with Gasteiger partial charge in [0.15, 0.2) is 0 Å². The molecule has 0 bridgehead atoms. The van der Waals surface area contributed by atoms with Gasteiger partial charge in [-0.1, -0.05) is 0 Å². The minimum atomic E-state index is -0.183. The molecule has 0 aliphatic heterocycles. The van der Waals surface area contributed by atoms with Crippen molar-refractivity contribution in [2.75, 3.05) is 34.9 Å². The van der Waals surface area contributed by atoms with Crippen LogP contribution in [0.3, 0.4) is 0 Å². The van der Waals surface area contributed by atoms with E-state index in [4.69, 9.17) is 9.47 Å². The zero-order chi connectivity index (χ0) is 13.5. The first-order chi connectivity index (χ1) is 8.62. The summed E-state index contributed by atoms with van der Waals surface area (Å²) in [7, 11) is 7.23. The number of nitriles is 1. The molecule has 0 aliphatic rings. The van der Waals surface area contributed by atoms with Crippen molar-refractivity contribution >= 4 is 0 Å². The van der Waals surface area contributed by atoms with Gasteiger partial charge in [-0.25, -0.2) is 0 Å². The van der Waals surface area contributed by atoms with Crippen molar-refractivity contribution in [3.05, 3.63) is 23.8 Å². The molecule has 0 spiro atoms. The molecule has 0 N–H and O–H groups in total. The molecule has 4 nitrogen and oxygen atoms in total. The van der Waals surface area contributed by atoms with Gasteiger partial charge in [0.05, 0.1) is 26.2 Å². The van der Waals surface area contributed by atoms with Crippen molar-refractivity contribution in [1.29, 1.82) is 5.26 Å². The van der Waals surface area contributed by atoms with Crippen molar-refractivity contribution < 1.29 is 9.47 Å². The van der Waals surface area contributed by atoms with Crippen LogP contribution in [0.5, 0.6) is 11.5 Å². The van der Waals surface area contributed by atoms with Crippen molar-refractivity contribution in [2.24, 2.45) is 0 Å². The van der Waals surface area contributed by atoms with Crippen LogP contribution in [0.15, 0.2) is 18.2 Å². The second-order valence-corrected chi connectivity index (χ2v) is 4.38. The molecule has 0 heterocycles. The zero-order valence-electron chi connectivity index (χ0n) is 11.4. The average molecular weight is 248 g/mol. The van der Waals surface area contributed by atoms with Crippen LogP contribution in [0.2, 0.25) is 0 Å². The normalized spacial score (nSPS) is 12.0. The van der Waals surface area contributed by atoms with E-state index >= 15 is 0 Å². The molecule has 0 radical (unpaired) electrons. The van der Waals surface area contributed by atoms with Gasteiger partial charge in [0, 0.05) is 5.56 Å². The number of methoxy groups -OCH3 is 2. The minimum absolute atomic E-state index is 0.183. The van der Waals surface area contributed by atoms with E-state index in [2.05, 4.69) is 11.0 Å². The monoisotopic (exact) mass is 248 g/mol. The molecule has 18 heavy (non-hydrogen) atoms. The molecule has 0 amide bonds. The molecule has 1 aromatic rings. The van der Waals surface area contributed by atoms with Crippen LogP contribution in [0.25, 0.3) is 0 Å². The molecule has 1 rings (SSSR count). The Morgan fingerprint density at radius 2 is 2.00 bits per heavy atom. The molecule has 0 aromatic heterocycles. The summed E-state index contributed by atoms with van der Waals surface area (Å²) in [6.45, 7) is 0.860. The number of benzene rings is 1. The molecule has 0 aliphatic carbocycles. The molecular formula is C14H20N2O2. The summed E-state index contributed by atoms with van der Waals surface area (Å²) >= 11 is 0.